The highest BCUT2D eigenvalue weighted by Crippen LogP contribution is 2.28. The molecule has 0 saturated carbocycles. The van der Waals surface area contributed by atoms with Gasteiger partial charge in [0.05, 0.1) is 6.21 Å². The number of amides is 1. The second kappa shape index (κ2) is 6.15. The van der Waals surface area contributed by atoms with Crippen LogP contribution in [0.4, 0.5) is 0 Å². The van der Waals surface area contributed by atoms with Crippen LogP contribution in [-0.2, 0) is 0 Å². The van der Waals surface area contributed by atoms with Crippen LogP contribution in [0.2, 0.25) is 0 Å². The van der Waals surface area contributed by atoms with Gasteiger partial charge in [-0.1, -0.05) is 38.1 Å². The van der Waals surface area contributed by atoms with Gasteiger partial charge in [0.1, 0.15) is 5.69 Å². The highest BCUT2D eigenvalue weighted by molar-refractivity contribution is 7.11. The van der Waals surface area contributed by atoms with Crippen molar-refractivity contribution in [2.75, 3.05) is 0 Å². The summed E-state index contributed by atoms with van der Waals surface area (Å²) in [6.45, 7) is 4.17. The normalized spacial score (nSPS) is 11.6. The maximum Gasteiger partial charge on any atom is 0.288 e. The van der Waals surface area contributed by atoms with E-state index in [1.165, 1.54) is 0 Å². The van der Waals surface area contributed by atoms with E-state index < -0.39 is 0 Å². The Bertz CT molecular complexity index is 816. The lowest BCUT2D eigenvalue weighted by molar-refractivity contribution is 0.0949. The number of fused-ring (bicyclic) bond motifs is 1. The fourth-order valence-electron chi connectivity index (χ4n) is 2.52. The molecular weight excluding hydrogens is 294 g/mol. The summed E-state index contributed by atoms with van der Waals surface area (Å²) in [5, 5.41) is 7.08. The Morgan fingerprint density at radius 1 is 1.27 bits per heavy atom. The van der Waals surface area contributed by atoms with Gasteiger partial charge >= 0.3 is 0 Å². The molecule has 1 amide bonds. The van der Waals surface area contributed by atoms with Gasteiger partial charge in [-0.25, -0.2) is 5.43 Å². The minimum Gasteiger partial charge on any atom is -0.350 e. The molecule has 0 fully saturated rings. The molecule has 0 radical (unpaired) electrons. The van der Waals surface area contributed by atoms with Crippen LogP contribution in [-0.4, -0.2) is 17.1 Å². The Morgan fingerprint density at radius 2 is 2.09 bits per heavy atom. The van der Waals surface area contributed by atoms with Crippen molar-refractivity contribution in [3.63, 3.8) is 0 Å². The number of rotatable bonds is 4. The van der Waals surface area contributed by atoms with E-state index in [2.05, 4.69) is 29.4 Å². The third-order valence-electron chi connectivity index (χ3n) is 3.45. The zero-order chi connectivity index (χ0) is 15.5. The number of hydrazone groups is 1. The molecule has 2 heterocycles. The summed E-state index contributed by atoms with van der Waals surface area (Å²) in [6.07, 6.45) is 1.65. The van der Waals surface area contributed by atoms with Crippen LogP contribution in [0.3, 0.4) is 0 Å². The molecule has 1 aromatic carbocycles. The SMILES string of the molecule is CC(C)c1c(C(=O)N/N=C\c2cccs2)[nH]c2ccccc12. The zero-order valence-electron chi connectivity index (χ0n) is 12.5. The first-order chi connectivity index (χ1) is 10.7. The Balaban J connectivity index is 1.88. The van der Waals surface area contributed by atoms with Gasteiger partial charge in [-0.3, -0.25) is 4.79 Å². The van der Waals surface area contributed by atoms with Crippen molar-refractivity contribution in [1.82, 2.24) is 10.4 Å². The Morgan fingerprint density at radius 3 is 2.82 bits per heavy atom. The number of hydrogen-bond donors (Lipinski definition) is 2. The Hall–Kier alpha value is -2.40. The number of nitrogens with one attached hydrogen (secondary N) is 2. The second-order valence-corrected chi connectivity index (χ2v) is 6.31. The number of carbonyl (C=O) groups excluding carboxylic acids is 1. The van der Waals surface area contributed by atoms with E-state index in [1.807, 2.05) is 41.8 Å². The summed E-state index contributed by atoms with van der Waals surface area (Å²) < 4.78 is 0. The lowest BCUT2D eigenvalue weighted by Crippen LogP contribution is -2.19. The minimum atomic E-state index is -0.215. The number of benzene rings is 1. The molecule has 0 aliphatic rings. The van der Waals surface area contributed by atoms with Gasteiger partial charge in [-0.15, -0.1) is 11.3 Å². The van der Waals surface area contributed by atoms with Gasteiger partial charge in [0.25, 0.3) is 5.91 Å². The van der Waals surface area contributed by atoms with E-state index in [-0.39, 0.29) is 11.8 Å². The van der Waals surface area contributed by atoms with E-state index in [9.17, 15) is 4.79 Å². The van der Waals surface area contributed by atoms with Crippen molar-refractivity contribution in [2.45, 2.75) is 19.8 Å². The number of carbonyl (C=O) groups is 1. The number of aromatic nitrogens is 1. The molecule has 0 unspecified atom stereocenters. The molecule has 2 aromatic heterocycles. The fourth-order valence-corrected chi connectivity index (χ4v) is 3.10. The van der Waals surface area contributed by atoms with E-state index in [1.54, 1.807) is 17.6 Å². The lowest BCUT2D eigenvalue weighted by atomic mass is 9.99. The molecule has 0 aliphatic heterocycles. The topological polar surface area (TPSA) is 57.2 Å². The number of thiophene rings is 1. The first-order valence-corrected chi connectivity index (χ1v) is 8.02. The molecular formula is C17H17N3OS. The van der Waals surface area contributed by atoms with Crippen molar-refractivity contribution >= 4 is 34.4 Å². The summed E-state index contributed by atoms with van der Waals surface area (Å²) >= 11 is 1.57. The molecule has 4 nitrogen and oxygen atoms in total. The monoisotopic (exact) mass is 311 g/mol. The molecule has 0 bridgehead atoms. The number of H-pyrrole nitrogens is 1. The van der Waals surface area contributed by atoms with Crippen LogP contribution >= 0.6 is 11.3 Å². The third kappa shape index (κ3) is 2.80. The van der Waals surface area contributed by atoms with Crippen LogP contribution in [0, 0.1) is 0 Å². The van der Waals surface area contributed by atoms with Crippen molar-refractivity contribution < 1.29 is 4.79 Å². The molecule has 3 aromatic rings. The molecule has 0 atom stereocenters. The quantitative estimate of drug-likeness (QED) is 0.553. The second-order valence-electron chi connectivity index (χ2n) is 5.33. The molecule has 0 aliphatic carbocycles. The van der Waals surface area contributed by atoms with Gasteiger partial charge in [0.15, 0.2) is 0 Å². The average molecular weight is 311 g/mol. The Labute approximate surface area is 132 Å². The Kier molecular flexibility index (Phi) is 4.06. The average Bonchev–Trinajstić information content (AvgIpc) is 3.13. The summed E-state index contributed by atoms with van der Waals surface area (Å²) in [5.74, 6) is 0.0332. The first-order valence-electron chi connectivity index (χ1n) is 7.14. The molecule has 5 heteroatoms. The van der Waals surface area contributed by atoms with Crippen LogP contribution in [0.1, 0.15) is 40.7 Å². The van der Waals surface area contributed by atoms with Crippen molar-refractivity contribution in [3.05, 3.63) is 57.9 Å². The summed E-state index contributed by atoms with van der Waals surface area (Å²) in [5.41, 5.74) is 5.18. The minimum absolute atomic E-state index is 0.215. The highest BCUT2D eigenvalue weighted by Gasteiger charge is 2.19. The van der Waals surface area contributed by atoms with Gasteiger partial charge in [0, 0.05) is 15.8 Å². The molecule has 0 saturated heterocycles. The maximum atomic E-state index is 12.4. The highest BCUT2D eigenvalue weighted by atomic mass is 32.1. The standard InChI is InChI=1S/C17H17N3OS/c1-11(2)15-13-7-3-4-8-14(13)19-16(15)17(21)20-18-10-12-6-5-9-22-12/h3-11,19H,1-2H3,(H,20,21)/b18-10-. The van der Waals surface area contributed by atoms with Crippen LogP contribution in [0.15, 0.2) is 46.9 Å². The predicted molar refractivity (Wildman–Crippen MR) is 91.8 cm³/mol. The van der Waals surface area contributed by atoms with Crippen LogP contribution < -0.4 is 5.43 Å². The fraction of sp³-hybridized carbons (Fsp3) is 0.176. The summed E-state index contributed by atoms with van der Waals surface area (Å²) in [7, 11) is 0. The summed E-state index contributed by atoms with van der Waals surface area (Å²) in [6, 6.07) is 11.9. The lowest BCUT2D eigenvalue weighted by Gasteiger charge is -2.06. The first kappa shape index (κ1) is 14.5. The third-order valence-corrected chi connectivity index (χ3v) is 4.26. The zero-order valence-corrected chi connectivity index (χ0v) is 13.3. The van der Waals surface area contributed by atoms with Gasteiger partial charge in [-0.05, 0) is 29.0 Å². The number of hydrogen-bond acceptors (Lipinski definition) is 3. The smallest absolute Gasteiger partial charge is 0.288 e. The maximum absolute atomic E-state index is 12.4. The molecule has 3 rings (SSSR count). The number of aromatic amines is 1. The molecule has 2 N–H and O–H groups in total. The van der Waals surface area contributed by atoms with Crippen LogP contribution in [0.25, 0.3) is 10.9 Å². The molecule has 112 valence electrons. The van der Waals surface area contributed by atoms with E-state index in [0.717, 1.165) is 21.3 Å². The molecule has 22 heavy (non-hydrogen) atoms. The molecule has 0 spiro atoms. The van der Waals surface area contributed by atoms with E-state index >= 15 is 0 Å². The van der Waals surface area contributed by atoms with Crippen molar-refractivity contribution in [3.8, 4) is 0 Å². The van der Waals surface area contributed by atoms with Gasteiger partial charge in [-0.2, -0.15) is 5.10 Å². The van der Waals surface area contributed by atoms with Crippen LogP contribution in [0.5, 0.6) is 0 Å². The van der Waals surface area contributed by atoms with Crippen molar-refractivity contribution in [1.29, 1.82) is 0 Å². The predicted octanol–water partition coefficient (Wildman–Crippen LogP) is 4.12. The van der Waals surface area contributed by atoms with Gasteiger partial charge in [0.2, 0.25) is 0 Å². The van der Waals surface area contributed by atoms with Gasteiger partial charge < -0.3 is 4.98 Å². The van der Waals surface area contributed by atoms with E-state index in [0.29, 0.717) is 5.69 Å². The number of para-hydroxylation sites is 1. The largest absolute Gasteiger partial charge is 0.350 e. The van der Waals surface area contributed by atoms with Crippen molar-refractivity contribution in [2.24, 2.45) is 5.10 Å². The summed E-state index contributed by atoms with van der Waals surface area (Å²) in [4.78, 5) is 16.6. The number of nitrogens with zero attached hydrogens (tertiary/aromatic N) is 1. The van der Waals surface area contributed by atoms with E-state index in [4.69, 9.17) is 0 Å².